The zero-order valence-corrected chi connectivity index (χ0v) is 9.85. The van der Waals surface area contributed by atoms with Gasteiger partial charge in [0.25, 0.3) is 0 Å². The number of fused-ring (bicyclic) bond motifs is 2. The number of carbonyl (C=O) groups excluding carboxylic acids is 2. The molecule has 0 bridgehead atoms. The van der Waals surface area contributed by atoms with E-state index in [0.29, 0.717) is 18.3 Å². The Morgan fingerprint density at radius 1 is 1.33 bits per heavy atom. The van der Waals surface area contributed by atoms with Gasteiger partial charge in [0.05, 0.1) is 11.5 Å². The van der Waals surface area contributed by atoms with E-state index in [4.69, 9.17) is 7.85 Å². The minimum absolute atomic E-state index is 0.0137. The summed E-state index contributed by atoms with van der Waals surface area (Å²) in [6, 6.07) is 1.88. The van der Waals surface area contributed by atoms with Crippen molar-refractivity contribution in [2.24, 2.45) is 0 Å². The lowest BCUT2D eigenvalue weighted by Crippen LogP contribution is -2.48. The Hall–Kier alpha value is -1.65. The monoisotopic (exact) mass is 238 g/mol. The highest BCUT2D eigenvalue weighted by Crippen LogP contribution is 2.57. The molecule has 1 aliphatic heterocycles. The van der Waals surface area contributed by atoms with Crippen LogP contribution >= 0.6 is 0 Å². The van der Waals surface area contributed by atoms with Gasteiger partial charge in [-0.2, -0.15) is 0 Å². The molecule has 0 unspecified atom stereocenters. The molecule has 18 heavy (non-hydrogen) atoms. The molecule has 2 aliphatic carbocycles. The summed E-state index contributed by atoms with van der Waals surface area (Å²) >= 11 is 0. The summed E-state index contributed by atoms with van der Waals surface area (Å²) in [6.07, 6.45) is 4.27. The molecule has 0 aromatic carbocycles. The van der Waals surface area contributed by atoms with Crippen molar-refractivity contribution in [3.63, 3.8) is 0 Å². The average Bonchev–Trinajstić information content (AvgIpc) is 3.05. The summed E-state index contributed by atoms with van der Waals surface area (Å²) < 4.78 is 0. The minimum Gasteiger partial charge on any atom is -0.300 e. The molecule has 1 aromatic heterocycles. The molecule has 2 fully saturated rings. The van der Waals surface area contributed by atoms with E-state index < -0.39 is 0 Å². The van der Waals surface area contributed by atoms with Crippen LogP contribution in [0.4, 0.5) is 5.82 Å². The van der Waals surface area contributed by atoms with Crippen molar-refractivity contribution in [3.05, 3.63) is 17.8 Å². The Kier molecular flexibility index (Phi) is 1.73. The second-order valence-electron chi connectivity index (χ2n) is 5.50. The first kappa shape index (κ1) is 10.3. The largest absolute Gasteiger partial charge is 0.300 e. The van der Waals surface area contributed by atoms with Gasteiger partial charge in [0.15, 0.2) is 0 Å². The molecule has 1 amide bonds. The van der Waals surface area contributed by atoms with E-state index in [1.165, 1.54) is 0 Å². The van der Waals surface area contributed by atoms with Crippen LogP contribution in [-0.4, -0.2) is 30.6 Å². The topological polar surface area (TPSA) is 50.3 Å². The average molecular weight is 238 g/mol. The number of hydrogen-bond donors (Lipinski definition) is 0. The highest BCUT2D eigenvalue weighted by molar-refractivity contribution is 6.32. The first-order valence-electron chi connectivity index (χ1n) is 6.23. The molecular formula is C13H11BN2O2. The fourth-order valence-corrected chi connectivity index (χ4v) is 3.06. The molecule has 1 spiro atoms. The first-order valence-corrected chi connectivity index (χ1v) is 6.23. The summed E-state index contributed by atoms with van der Waals surface area (Å²) in [6.45, 7) is 0. The van der Waals surface area contributed by atoms with E-state index in [1.54, 1.807) is 11.1 Å². The molecule has 3 aliphatic rings. The molecule has 4 nitrogen and oxygen atoms in total. The lowest BCUT2D eigenvalue weighted by molar-refractivity contribution is -0.126. The predicted molar refractivity (Wildman–Crippen MR) is 66.1 cm³/mol. The third-order valence-corrected chi connectivity index (χ3v) is 4.30. The number of aromatic nitrogens is 1. The van der Waals surface area contributed by atoms with E-state index in [2.05, 4.69) is 4.98 Å². The van der Waals surface area contributed by atoms with Crippen LogP contribution in [0.5, 0.6) is 0 Å². The standard InChI is InChI=1S/C13H11BN2O2/c14-7-3-10-11(15-6-7)16(8-4-9(17)5-8)12(18)13(10)1-2-13/h3,6,8H,1-2,4-5H2. The number of Topliss-reactive ketones (excluding diaryl/α,β-unsaturated/α-hetero) is 1. The number of anilines is 1. The van der Waals surface area contributed by atoms with Crippen molar-refractivity contribution < 1.29 is 9.59 Å². The molecule has 2 saturated carbocycles. The predicted octanol–water partition coefficient (Wildman–Crippen LogP) is -0.0149. The summed E-state index contributed by atoms with van der Waals surface area (Å²) in [5, 5.41) is 0. The Balaban J connectivity index is 1.83. The highest BCUT2D eigenvalue weighted by Gasteiger charge is 2.61. The Morgan fingerprint density at radius 2 is 2.06 bits per heavy atom. The molecule has 2 radical (unpaired) electrons. The Labute approximate surface area is 106 Å². The Bertz CT molecular complexity index is 587. The van der Waals surface area contributed by atoms with Crippen LogP contribution in [0.1, 0.15) is 31.2 Å². The fourth-order valence-electron chi connectivity index (χ4n) is 3.06. The lowest BCUT2D eigenvalue weighted by Gasteiger charge is -2.33. The second kappa shape index (κ2) is 3.02. The van der Waals surface area contributed by atoms with E-state index in [0.717, 1.165) is 24.2 Å². The van der Waals surface area contributed by atoms with Gasteiger partial charge < -0.3 is 0 Å². The third kappa shape index (κ3) is 1.09. The van der Waals surface area contributed by atoms with Crippen LogP contribution in [-0.2, 0) is 15.0 Å². The number of pyridine rings is 1. The SMILES string of the molecule is [B]c1cnc2c(c1)C1(CC1)C(=O)N2C1CC(=O)C1. The van der Waals surface area contributed by atoms with Gasteiger partial charge >= 0.3 is 0 Å². The fraction of sp³-hybridized carbons (Fsp3) is 0.462. The molecule has 88 valence electrons. The van der Waals surface area contributed by atoms with Crippen LogP contribution in [0, 0.1) is 0 Å². The van der Waals surface area contributed by atoms with Gasteiger partial charge in [-0.1, -0.05) is 11.5 Å². The lowest BCUT2D eigenvalue weighted by atomic mass is 9.90. The van der Waals surface area contributed by atoms with Crippen molar-refractivity contribution >= 4 is 30.8 Å². The van der Waals surface area contributed by atoms with Crippen molar-refractivity contribution in [1.29, 1.82) is 0 Å². The number of amides is 1. The van der Waals surface area contributed by atoms with Crippen molar-refractivity contribution in [2.75, 3.05) is 4.90 Å². The highest BCUT2D eigenvalue weighted by atomic mass is 16.2. The Morgan fingerprint density at radius 3 is 2.67 bits per heavy atom. The van der Waals surface area contributed by atoms with E-state index in [-0.39, 0.29) is 23.1 Å². The van der Waals surface area contributed by atoms with Crippen molar-refractivity contribution in [1.82, 2.24) is 4.98 Å². The quantitative estimate of drug-likeness (QED) is 0.646. The van der Waals surface area contributed by atoms with E-state index in [9.17, 15) is 9.59 Å². The molecule has 0 atom stereocenters. The maximum Gasteiger partial charge on any atom is 0.239 e. The van der Waals surface area contributed by atoms with E-state index >= 15 is 0 Å². The number of nitrogens with zero attached hydrogens (tertiary/aromatic N) is 2. The summed E-state index contributed by atoms with van der Waals surface area (Å²) in [4.78, 5) is 29.7. The van der Waals surface area contributed by atoms with Gasteiger partial charge in [-0.05, 0) is 12.8 Å². The maximum atomic E-state index is 12.5. The van der Waals surface area contributed by atoms with Crippen LogP contribution in [0.15, 0.2) is 12.3 Å². The van der Waals surface area contributed by atoms with Gasteiger partial charge in [-0.3, -0.25) is 14.5 Å². The van der Waals surface area contributed by atoms with Crippen molar-refractivity contribution in [3.8, 4) is 0 Å². The van der Waals surface area contributed by atoms with Gasteiger partial charge in [0.1, 0.15) is 19.4 Å². The molecule has 4 rings (SSSR count). The van der Waals surface area contributed by atoms with Gasteiger partial charge in [-0.15, -0.1) is 0 Å². The van der Waals surface area contributed by atoms with E-state index in [1.807, 2.05) is 6.07 Å². The third-order valence-electron chi connectivity index (χ3n) is 4.30. The molecule has 1 aromatic rings. The smallest absolute Gasteiger partial charge is 0.239 e. The van der Waals surface area contributed by atoms with Crippen LogP contribution in [0.25, 0.3) is 0 Å². The number of carbonyl (C=O) groups is 2. The van der Waals surface area contributed by atoms with Crippen LogP contribution in [0.2, 0.25) is 0 Å². The maximum absolute atomic E-state index is 12.5. The minimum atomic E-state index is -0.365. The summed E-state index contributed by atoms with van der Waals surface area (Å²) in [7, 11) is 5.77. The van der Waals surface area contributed by atoms with Crippen molar-refractivity contribution in [2.45, 2.75) is 37.1 Å². The molecule has 0 saturated heterocycles. The zero-order valence-electron chi connectivity index (χ0n) is 9.85. The van der Waals surface area contributed by atoms with Gasteiger partial charge in [0.2, 0.25) is 5.91 Å². The van der Waals surface area contributed by atoms with Gasteiger partial charge in [0, 0.05) is 24.6 Å². The molecular weight excluding hydrogens is 227 g/mol. The summed E-state index contributed by atoms with van der Waals surface area (Å²) in [5.41, 5.74) is 1.20. The summed E-state index contributed by atoms with van der Waals surface area (Å²) in [5.74, 6) is 1.07. The molecule has 0 N–H and O–H groups in total. The number of hydrogen-bond acceptors (Lipinski definition) is 3. The van der Waals surface area contributed by atoms with Gasteiger partial charge in [-0.25, -0.2) is 4.98 Å². The molecule has 2 heterocycles. The van der Waals surface area contributed by atoms with Crippen LogP contribution in [0.3, 0.4) is 0 Å². The number of rotatable bonds is 1. The second-order valence-corrected chi connectivity index (χ2v) is 5.50. The normalized spacial score (nSPS) is 24.3. The number of ketones is 1. The molecule has 5 heteroatoms. The van der Waals surface area contributed by atoms with Crippen LogP contribution < -0.4 is 10.4 Å². The zero-order chi connectivity index (χ0) is 12.5. The first-order chi connectivity index (χ1) is 8.62.